The van der Waals surface area contributed by atoms with Crippen molar-refractivity contribution >= 4 is 28.6 Å². The summed E-state index contributed by atoms with van der Waals surface area (Å²) < 4.78 is 6.61. The first kappa shape index (κ1) is 24.3. The van der Waals surface area contributed by atoms with Gasteiger partial charge in [-0.05, 0) is 67.1 Å². The Bertz CT molecular complexity index is 1460. The number of piperidine rings is 1. The van der Waals surface area contributed by atoms with Crippen molar-refractivity contribution in [3.05, 3.63) is 71.4 Å². The molecule has 1 aromatic heterocycles. The number of likely N-dealkylation sites (tertiary alicyclic amines) is 1. The highest BCUT2D eigenvalue weighted by molar-refractivity contribution is 6.05. The Labute approximate surface area is 227 Å². The number of para-hydroxylation sites is 1. The van der Waals surface area contributed by atoms with E-state index >= 15 is 0 Å². The van der Waals surface area contributed by atoms with Gasteiger partial charge in [0.2, 0.25) is 11.8 Å². The standard InChI is InChI=1S/C31H32N4O4/c36-29-12-11-27(30(37)33-29)35-18-19-15-21(9-10-23(19)31(35)38)39-28-8-4-3-7-26(28)34-16-20(17-34)22-13-14-32-25-6-2-1-5-24(22)25/h1-2,5-6,9-10,13-15,20,26-28H,3-4,7-8,11-12,16-18H2,(H,33,36,37). The number of amides is 3. The number of nitrogens with zero attached hydrogens (tertiary/aromatic N) is 3. The van der Waals surface area contributed by atoms with Crippen LogP contribution in [0.4, 0.5) is 0 Å². The number of imide groups is 1. The SMILES string of the molecule is O=C1CCC(N2Cc3cc(OC4CCCCC4N4CC(c5ccnc6ccccc56)C4)ccc3C2=O)C(=O)N1. The van der Waals surface area contributed by atoms with E-state index in [1.165, 1.54) is 17.4 Å². The average molecular weight is 525 g/mol. The Hall–Kier alpha value is -3.78. The van der Waals surface area contributed by atoms with Crippen LogP contribution in [-0.2, 0) is 16.1 Å². The molecule has 3 aromatic rings. The number of rotatable bonds is 5. The van der Waals surface area contributed by atoms with Crippen LogP contribution in [-0.4, -0.2) is 63.8 Å². The lowest BCUT2D eigenvalue weighted by atomic mass is 9.83. The molecule has 39 heavy (non-hydrogen) atoms. The lowest BCUT2D eigenvalue weighted by molar-refractivity contribution is -0.136. The van der Waals surface area contributed by atoms with Gasteiger partial charge in [0, 0.05) is 55.2 Å². The second-order valence-electron chi connectivity index (χ2n) is 11.3. The van der Waals surface area contributed by atoms with Crippen LogP contribution in [0, 0.1) is 0 Å². The monoisotopic (exact) mass is 524 g/mol. The largest absolute Gasteiger partial charge is 0.489 e. The van der Waals surface area contributed by atoms with Crippen LogP contribution in [0.3, 0.4) is 0 Å². The molecule has 0 bridgehead atoms. The molecule has 1 aliphatic carbocycles. The minimum absolute atomic E-state index is 0.107. The van der Waals surface area contributed by atoms with Crippen molar-refractivity contribution in [2.24, 2.45) is 0 Å². The second-order valence-corrected chi connectivity index (χ2v) is 11.3. The molecule has 7 rings (SSSR count). The van der Waals surface area contributed by atoms with Gasteiger partial charge >= 0.3 is 0 Å². The van der Waals surface area contributed by atoms with Crippen molar-refractivity contribution in [1.29, 1.82) is 0 Å². The zero-order valence-electron chi connectivity index (χ0n) is 21.8. The van der Waals surface area contributed by atoms with E-state index < -0.39 is 6.04 Å². The fourth-order valence-electron chi connectivity index (χ4n) is 6.89. The quantitative estimate of drug-likeness (QED) is 0.511. The van der Waals surface area contributed by atoms with Crippen molar-refractivity contribution < 1.29 is 19.1 Å². The molecular weight excluding hydrogens is 492 g/mol. The Balaban J connectivity index is 1.03. The van der Waals surface area contributed by atoms with E-state index in [9.17, 15) is 14.4 Å². The highest BCUT2D eigenvalue weighted by atomic mass is 16.5. The van der Waals surface area contributed by atoms with Gasteiger partial charge in [-0.2, -0.15) is 0 Å². The van der Waals surface area contributed by atoms with E-state index in [1.54, 1.807) is 4.90 Å². The minimum Gasteiger partial charge on any atom is -0.489 e. The third-order valence-electron chi connectivity index (χ3n) is 8.95. The van der Waals surface area contributed by atoms with Crippen LogP contribution in [0.5, 0.6) is 5.75 Å². The summed E-state index contributed by atoms with van der Waals surface area (Å²) in [4.78, 5) is 45.7. The van der Waals surface area contributed by atoms with Gasteiger partial charge in [0.1, 0.15) is 17.9 Å². The van der Waals surface area contributed by atoms with Crippen molar-refractivity contribution in [2.45, 2.75) is 69.2 Å². The van der Waals surface area contributed by atoms with Crippen molar-refractivity contribution in [2.75, 3.05) is 13.1 Å². The molecule has 0 spiro atoms. The summed E-state index contributed by atoms with van der Waals surface area (Å²) in [6, 6.07) is 16.0. The first-order chi connectivity index (χ1) is 19.0. The highest BCUT2D eigenvalue weighted by Gasteiger charge is 2.41. The molecule has 1 N–H and O–H groups in total. The fourth-order valence-corrected chi connectivity index (χ4v) is 6.89. The van der Waals surface area contributed by atoms with E-state index in [0.717, 1.165) is 49.2 Å². The normalized spacial score (nSPS) is 25.9. The second kappa shape index (κ2) is 9.75. The maximum atomic E-state index is 13.1. The van der Waals surface area contributed by atoms with Gasteiger partial charge in [-0.25, -0.2) is 0 Å². The molecule has 4 aliphatic rings. The number of fused-ring (bicyclic) bond motifs is 2. The van der Waals surface area contributed by atoms with Gasteiger partial charge in [0.15, 0.2) is 0 Å². The number of hydrogen-bond acceptors (Lipinski definition) is 6. The predicted octanol–water partition coefficient (Wildman–Crippen LogP) is 3.79. The molecule has 4 heterocycles. The molecular formula is C31H32N4O4. The number of carbonyl (C=O) groups is 3. The zero-order chi connectivity index (χ0) is 26.5. The number of ether oxygens (including phenoxy) is 1. The molecule has 3 fully saturated rings. The molecule has 2 saturated heterocycles. The van der Waals surface area contributed by atoms with Gasteiger partial charge in [-0.3, -0.25) is 29.6 Å². The molecule has 200 valence electrons. The van der Waals surface area contributed by atoms with Gasteiger partial charge < -0.3 is 9.64 Å². The van der Waals surface area contributed by atoms with E-state index in [0.29, 0.717) is 30.5 Å². The fraction of sp³-hybridized carbons (Fsp3) is 0.419. The van der Waals surface area contributed by atoms with Gasteiger partial charge in [0.25, 0.3) is 5.91 Å². The summed E-state index contributed by atoms with van der Waals surface area (Å²) in [7, 11) is 0. The Kier molecular flexibility index (Phi) is 6.07. The summed E-state index contributed by atoms with van der Waals surface area (Å²) in [5, 5.41) is 3.61. The Morgan fingerprint density at radius 2 is 1.79 bits per heavy atom. The number of carbonyl (C=O) groups excluding carboxylic acids is 3. The highest BCUT2D eigenvalue weighted by Crippen LogP contribution is 2.38. The summed E-state index contributed by atoms with van der Waals surface area (Å²) in [6.07, 6.45) is 7.15. The molecule has 3 aliphatic heterocycles. The molecule has 3 unspecified atom stereocenters. The predicted molar refractivity (Wildman–Crippen MR) is 145 cm³/mol. The lowest BCUT2D eigenvalue weighted by Gasteiger charge is -2.48. The number of nitrogens with one attached hydrogen (secondary N) is 1. The average Bonchev–Trinajstić information content (AvgIpc) is 3.24. The maximum absolute atomic E-state index is 13.1. The van der Waals surface area contributed by atoms with Crippen LogP contribution < -0.4 is 10.1 Å². The third-order valence-corrected chi connectivity index (χ3v) is 8.95. The first-order valence-electron chi connectivity index (χ1n) is 14.1. The van der Waals surface area contributed by atoms with Crippen molar-refractivity contribution in [3.63, 3.8) is 0 Å². The van der Waals surface area contributed by atoms with E-state index in [-0.39, 0.29) is 30.2 Å². The summed E-state index contributed by atoms with van der Waals surface area (Å²) in [5.74, 6) is 0.463. The molecule has 0 radical (unpaired) electrons. The molecule has 3 amide bonds. The maximum Gasteiger partial charge on any atom is 0.255 e. The minimum atomic E-state index is -0.605. The van der Waals surface area contributed by atoms with Crippen molar-refractivity contribution in [3.8, 4) is 5.75 Å². The molecule has 8 heteroatoms. The number of aromatic nitrogens is 1. The van der Waals surface area contributed by atoms with Crippen LogP contribution in [0.15, 0.2) is 54.7 Å². The summed E-state index contributed by atoms with van der Waals surface area (Å²) in [6.45, 7) is 2.41. The van der Waals surface area contributed by atoms with E-state index in [2.05, 4.69) is 39.5 Å². The first-order valence-corrected chi connectivity index (χ1v) is 14.1. The zero-order valence-corrected chi connectivity index (χ0v) is 21.8. The van der Waals surface area contributed by atoms with Crippen LogP contribution in [0.25, 0.3) is 10.9 Å². The summed E-state index contributed by atoms with van der Waals surface area (Å²) in [5.41, 5.74) is 3.93. The molecule has 8 nitrogen and oxygen atoms in total. The number of benzene rings is 2. The molecule has 3 atom stereocenters. The topological polar surface area (TPSA) is 91.8 Å². The Morgan fingerprint density at radius 3 is 2.67 bits per heavy atom. The van der Waals surface area contributed by atoms with E-state index in [1.807, 2.05) is 30.5 Å². The molecule has 1 saturated carbocycles. The van der Waals surface area contributed by atoms with Crippen LogP contribution in [0.1, 0.15) is 65.9 Å². The van der Waals surface area contributed by atoms with Crippen LogP contribution >= 0.6 is 0 Å². The van der Waals surface area contributed by atoms with Crippen LogP contribution in [0.2, 0.25) is 0 Å². The van der Waals surface area contributed by atoms with Gasteiger partial charge in [-0.15, -0.1) is 0 Å². The van der Waals surface area contributed by atoms with Gasteiger partial charge in [-0.1, -0.05) is 24.6 Å². The third kappa shape index (κ3) is 4.36. The number of pyridine rings is 1. The molecule has 2 aromatic carbocycles. The Morgan fingerprint density at radius 1 is 0.949 bits per heavy atom. The van der Waals surface area contributed by atoms with Crippen molar-refractivity contribution in [1.82, 2.24) is 20.1 Å². The van der Waals surface area contributed by atoms with Gasteiger partial charge in [0.05, 0.1) is 5.52 Å². The summed E-state index contributed by atoms with van der Waals surface area (Å²) >= 11 is 0. The number of hydrogen-bond donors (Lipinski definition) is 1. The smallest absolute Gasteiger partial charge is 0.255 e. The van der Waals surface area contributed by atoms with E-state index in [4.69, 9.17) is 4.74 Å². The lowest BCUT2D eigenvalue weighted by Crippen LogP contribution is -2.57.